The first-order valence-corrected chi connectivity index (χ1v) is 18.2. The van der Waals surface area contributed by atoms with E-state index in [2.05, 4.69) is 16.7 Å². The molecule has 0 radical (unpaired) electrons. The first-order valence-electron chi connectivity index (χ1n) is 16.5. The van der Waals surface area contributed by atoms with E-state index in [0.717, 1.165) is 58.8 Å². The van der Waals surface area contributed by atoms with E-state index in [1.165, 1.54) is 21.8 Å². The average molecular weight is 705 g/mol. The van der Waals surface area contributed by atoms with E-state index in [1.807, 2.05) is 56.3 Å². The Morgan fingerprint density at radius 1 is 1.04 bits per heavy atom. The predicted molar refractivity (Wildman–Crippen MR) is 195 cm³/mol. The van der Waals surface area contributed by atoms with Crippen molar-refractivity contribution in [3.05, 3.63) is 124 Å². The summed E-state index contributed by atoms with van der Waals surface area (Å²) in [6.07, 6.45) is 6.07. The number of nitrogens with zero attached hydrogens (tertiary/aromatic N) is 4. The van der Waals surface area contributed by atoms with Crippen LogP contribution < -0.4 is 24.4 Å². The molecule has 1 atom stereocenters. The highest BCUT2D eigenvalue weighted by Gasteiger charge is 2.36. The molecule has 0 N–H and O–H groups in total. The number of methoxy groups -OCH3 is 2. The molecule has 9 nitrogen and oxygen atoms in total. The zero-order valence-corrected chi connectivity index (χ0v) is 30.2. The lowest BCUT2D eigenvalue weighted by atomic mass is 9.93. The second kappa shape index (κ2) is 13.6. The smallest absolute Gasteiger partial charge is 0.338 e. The third-order valence-corrected chi connectivity index (χ3v) is 11.6. The van der Waals surface area contributed by atoms with Gasteiger partial charge in [0.15, 0.2) is 16.3 Å². The number of ether oxygens (including phenoxy) is 3. The number of esters is 1. The van der Waals surface area contributed by atoms with E-state index in [4.69, 9.17) is 19.2 Å². The zero-order chi connectivity index (χ0) is 35.1. The molecule has 3 aromatic heterocycles. The Kier molecular flexibility index (Phi) is 9.07. The summed E-state index contributed by atoms with van der Waals surface area (Å²) in [5.74, 6) is 0.433. The van der Waals surface area contributed by atoms with Crippen molar-refractivity contribution >= 4 is 40.4 Å². The first-order chi connectivity index (χ1) is 24.3. The molecular weight excluding hydrogens is 669 g/mol. The van der Waals surface area contributed by atoms with Gasteiger partial charge in [-0.1, -0.05) is 47.7 Å². The Morgan fingerprint density at radius 2 is 1.80 bits per heavy atom. The lowest BCUT2D eigenvalue weighted by molar-refractivity contribution is -0.138. The van der Waals surface area contributed by atoms with Crippen LogP contribution in [0.3, 0.4) is 0 Å². The van der Waals surface area contributed by atoms with Crippen LogP contribution in [0.15, 0.2) is 70.0 Å². The van der Waals surface area contributed by atoms with Crippen molar-refractivity contribution in [1.82, 2.24) is 9.13 Å². The molecule has 50 heavy (non-hydrogen) atoms. The zero-order valence-electron chi connectivity index (χ0n) is 28.5. The number of aromatic nitrogens is 2. The number of thiophene rings is 1. The second-order valence-electron chi connectivity index (χ2n) is 12.2. The number of carbonyl (C=O) groups excluding carboxylic acids is 1. The lowest BCUT2D eigenvalue weighted by Gasteiger charge is -2.26. The highest BCUT2D eigenvalue weighted by Crippen LogP contribution is 2.40. The van der Waals surface area contributed by atoms with E-state index in [0.29, 0.717) is 32.1 Å². The number of carbonyl (C=O) groups is 1. The van der Waals surface area contributed by atoms with Crippen molar-refractivity contribution in [3.63, 3.8) is 0 Å². The van der Waals surface area contributed by atoms with E-state index < -0.39 is 12.0 Å². The van der Waals surface area contributed by atoms with E-state index in [9.17, 15) is 14.9 Å². The highest BCUT2D eigenvalue weighted by molar-refractivity contribution is 7.15. The Morgan fingerprint density at radius 3 is 2.52 bits per heavy atom. The lowest BCUT2D eigenvalue weighted by Crippen LogP contribution is -2.40. The molecule has 0 spiro atoms. The van der Waals surface area contributed by atoms with Crippen molar-refractivity contribution in [2.45, 2.75) is 52.5 Å². The number of nitriles is 1. The summed E-state index contributed by atoms with van der Waals surface area (Å²) < 4.78 is 20.9. The molecule has 0 amide bonds. The van der Waals surface area contributed by atoms with Gasteiger partial charge in [-0.15, -0.1) is 11.3 Å². The molecule has 2 aliphatic rings. The summed E-state index contributed by atoms with van der Waals surface area (Å²) in [5.41, 5.74) is 6.53. The average Bonchev–Trinajstić information content (AvgIpc) is 3.76. The van der Waals surface area contributed by atoms with Crippen molar-refractivity contribution in [1.29, 1.82) is 5.26 Å². The fourth-order valence-electron chi connectivity index (χ4n) is 6.99. The maximum absolute atomic E-state index is 14.6. The Labute approximate surface area is 297 Å². The third kappa shape index (κ3) is 5.58. The minimum Gasteiger partial charge on any atom is -0.493 e. The first kappa shape index (κ1) is 33.3. The van der Waals surface area contributed by atoms with Crippen molar-refractivity contribution < 1.29 is 19.0 Å². The van der Waals surface area contributed by atoms with Gasteiger partial charge in [0.05, 0.1) is 48.2 Å². The van der Waals surface area contributed by atoms with E-state index >= 15 is 0 Å². The van der Waals surface area contributed by atoms with Crippen LogP contribution in [0.25, 0.3) is 16.8 Å². The van der Waals surface area contributed by atoms with Gasteiger partial charge >= 0.3 is 5.97 Å². The fourth-order valence-corrected chi connectivity index (χ4v) is 9.43. The largest absolute Gasteiger partial charge is 0.493 e. The van der Waals surface area contributed by atoms with Gasteiger partial charge in [-0.25, -0.2) is 9.79 Å². The molecule has 1 aliphatic carbocycles. The number of rotatable bonds is 8. The monoisotopic (exact) mass is 704 g/mol. The summed E-state index contributed by atoms with van der Waals surface area (Å²) in [6, 6.07) is 18.5. The van der Waals surface area contributed by atoms with Crippen molar-refractivity contribution in [2.75, 3.05) is 20.8 Å². The van der Waals surface area contributed by atoms with Gasteiger partial charge in [0.25, 0.3) is 5.56 Å². The SMILES string of the molecule is CCOC(=O)C1=C(c2ccccc2)N=c2s/c(=C/c3cc(C)n(-c4sc5c(c4C#N)CCCC5)c3C)c(=O)n2[C@H]1c1ccc(OC)c(OC)c1. The van der Waals surface area contributed by atoms with Gasteiger partial charge in [0.1, 0.15) is 11.1 Å². The van der Waals surface area contributed by atoms with Crippen LogP contribution in [0, 0.1) is 25.2 Å². The van der Waals surface area contributed by atoms with Gasteiger partial charge in [-0.05, 0) is 87.4 Å². The van der Waals surface area contributed by atoms with Gasteiger partial charge in [-0.3, -0.25) is 9.36 Å². The molecule has 0 unspecified atom stereocenters. The summed E-state index contributed by atoms with van der Waals surface area (Å²) in [6.45, 7) is 5.96. The third-order valence-electron chi connectivity index (χ3n) is 9.32. The molecule has 4 heterocycles. The summed E-state index contributed by atoms with van der Waals surface area (Å²) in [7, 11) is 3.11. The van der Waals surface area contributed by atoms with Crippen LogP contribution in [0.1, 0.15) is 69.9 Å². The molecule has 2 aromatic carbocycles. The highest BCUT2D eigenvalue weighted by atomic mass is 32.1. The molecule has 1 aliphatic heterocycles. The molecule has 7 rings (SSSR count). The van der Waals surface area contributed by atoms with Crippen LogP contribution in [-0.4, -0.2) is 35.9 Å². The quantitative estimate of drug-likeness (QED) is 0.179. The number of benzene rings is 2. The molecular formula is C39H36N4O5S2. The van der Waals surface area contributed by atoms with Crippen LogP contribution >= 0.6 is 22.7 Å². The Balaban J connectivity index is 1.45. The second-order valence-corrected chi connectivity index (χ2v) is 14.3. The van der Waals surface area contributed by atoms with Crippen molar-refractivity contribution in [3.8, 4) is 22.6 Å². The normalized spacial score (nSPS) is 15.6. The molecule has 0 fully saturated rings. The topological polar surface area (TPSA) is 108 Å². The van der Waals surface area contributed by atoms with Crippen LogP contribution in [0.5, 0.6) is 11.5 Å². The van der Waals surface area contributed by atoms with Crippen LogP contribution in [0.2, 0.25) is 0 Å². The predicted octanol–water partition coefficient (Wildman–Crippen LogP) is 6.17. The van der Waals surface area contributed by atoms with Gasteiger partial charge < -0.3 is 18.8 Å². The van der Waals surface area contributed by atoms with Gasteiger partial charge in [0, 0.05) is 21.8 Å². The number of aryl methyl sites for hydroxylation is 2. The van der Waals surface area contributed by atoms with Crippen LogP contribution in [-0.2, 0) is 22.4 Å². The Hall–Kier alpha value is -5.18. The molecule has 0 saturated heterocycles. The summed E-state index contributed by atoms with van der Waals surface area (Å²) >= 11 is 2.98. The van der Waals surface area contributed by atoms with Gasteiger partial charge in [0.2, 0.25) is 0 Å². The van der Waals surface area contributed by atoms with Gasteiger partial charge in [-0.2, -0.15) is 5.26 Å². The van der Waals surface area contributed by atoms with Crippen LogP contribution in [0.4, 0.5) is 0 Å². The minimum absolute atomic E-state index is 0.157. The number of hydrogen-bond donors (Lipinski definition) is 0. The molecule has 0 bridgehead atoms. The number of thiazole rings is 1. The Bertz CT molecular complexity index is 2410. The maximum Gasteiger partial charge on any atom is 0.338 e. The molecule has 5 aromatic rings. The fraction of sp³-hybridized carbons (Fsp3) is 0.282. The summed E-state index contributed by atoms with van der Waals surface area (Å²) in [4.78, 5) is 35.2. The molecule has 254 valence electrons. The van der Waals surface area contributed by atoms with E-state index in [1.54, 1.807) is 49.2 Å². The molecule has 0 saturated carbocycles. The van der Waals surface area contributed by atoms with E-state index in [-0.39, 0.29) is 17.7 Å². The maximum atomic E-state index is 14.6. The number of fused-ring (bicyclic) bond motifs is 2. The minimum atomic E-state index is -0.856. The molecule has 11 heteroatoms. The number of hydrogen-bond acceptors (Lipinski definition) is 9. The van der Waals surface area contributed by atoms with Crippen molar-refractivity contribution in [2.24, 2.45) is 4.99 Å². The standard InChI is InChI=1S/C39H36N4O5S2/c1-6-48-38(45)33-34(24-12-8-7-9-13-24)41-39-43(35(33)25-16-17-29(46-4)30(19-25)47-5)36(44)32(50-39)20-26-18-22(2)42(23(26)3)37-28(21-40)27-14-10-11-15-31(27)49-37/h7-9,12-13,16-20,35H,6,10-11,14-15H2,1-5H3/b32-20+/t35-/m0/s1. The summed E-state index contributed by atoms with van der Waals surface area (Å²) in [5, 5.41) is 11.1.